The quantitative estimate of drug-likeness (QED) is 0.774. The maximum atomic E-state index is 10.9. The SMILES string of the molecule is Cc1ccc(C)c(OCc2c(C=O)nnn2CC#N)c1. The summed E-state index contributed by atoms with van der Waals surface area (Å²) in [6.45, 7) is 4.10. The molecule has 102 valence electrons. The molecule has 20 heavy (non-hydrogen) atoms. The Hall–Kier alpha value is -2.68. The van der Waals surface area contributed by atoms with Crippen molar-refractivity contribution < 1.29 is 9.53 Å². The molecule has 0 aliphatic rings. The summed E-state index contributed by atoms with van der Waals surface area (Å²) >= 11 is 0. The Morgan fingerprint density at radius 2 is 2.25 bits per heavy atom. The Kier molecular flexibility index (Phi) is 4.11. The molecule has 0 aliphatic carbocycles. The van der Waals surface area contributed by atoms with Crippen molar-refractivity contribution >= 4 is 6.29 Å². The van der Waals surface area contributed by atoms with E-state index in [1.165, 1.54) is 4.68 Å². The fraction of sp³-hybridized carbons (Fsp3) is 0.286. The number of benzene rings is 1. The maximum Gasteiger partial charge on any atom is 0.172 e. The van der Waals surface area contributed by atoms with Crippen LogP contribution in [0.5, 0.6) is 5.75 Å². The van der Waals surface area contributed by atoms with Crippen molar-refractivity contribution in [2.45, 2.75) is 27.0 Å². The maximum absolute atomic E-state index is 10.9. The zero-order valence-electron chi connectivity index (χ0n) is 11.3. The Morgan fingerprint density at radius 3 is 2.95 bits per heavy atom. The van der Waals surface area contributed by atoms with E-state index >= 15 is 0 Å². The van der Waals surface area contributed by atoms with Gasteiger partial charge in [0.15, 0.2) is 12.0 Å². The zero-order chi connectivity index (χ0) is 14.5. The molecular weight excluding hydrogens is 256 g/mol. The van der Waals surface area contributed by atoms with Crippen LogP contribution in [0.4, 0.5) is 0 Å². The number of carbonyl (C=O) groups excluding carboxylic acids is 1. The van der Waals surface area contributed by atoms with Gasteiger partial charge in [-0.1, -0.05) is 17.3 Å². The topological polar surface area (TPSA) is 80.8 Å². The predicted octanol–water partition coefficient (Wildman–Crippen LogP) is 1.81. The van der Waals surface area contributed by atoms with E-state index in [4.69, 9.17) is 10.00 Å². The molecular formula is C14H14N4O2. The highest BCUT2D eigenvalue weighted by atomic mass is 16.5. The van der Waals surface area contributed by atoms with Gasteiger partial charge in [0.05, 0.1) is 6.07 Å². The van der Waals surface area contributed by atoms with E-state index in [1.807, 2.05) is 38.1 Å². The van der Waals surface area contributed by atoms with E-state index in [0.717, 1.165) is 16.9 Å². The summed E-state index contributed by atoms with van der Waals surface area (Å²) in [5.41, 5.74) is 2.79. The van der Waals surface area contributed by atoms with E-state index in [-0.39, 0.29) is 18.8 Å². The number of hydrogen-bond acceptors (Lipinski definition) is 5. The highest BCUT2D eigenvalue weighted by molar-refractivity contribution is 5.73. The molecule has 0 spiro atoms. The van der Waals surface area contributed by atoms with Gasteiger partial charge >= 0.3 is 0 Å². The lowest BCUT2D eigenvalue weighted by Crippen LogP contribution is -2.09. The lowest BCUT2D eigenvalue weighted by atomic mass is 10.1. The number of aldehydes is 1. The minimum Gasteiger partial charge on any atom is -0.487 e. The molecule has 6 nitrogen and oxygen atoms in total. The van der Waals surface area contributed by atoms with E-state index < -0.39 is 0 Å². The van der Waals surface area contributed by atoms with Crippen molar-refractivity contribution in [3.8, 4) is 11.8 Å². The van der Waals surface area contributed by atoms with Crippen LogP contribution in [0, 0.1) is 25.2 Å². The Bertz CT molecular complexity index is 670. The molecule has 0 amide bonds. The van der Waals surface area contributed by atoms with Gasteiger partial charge in [-0.05, 0) is 31.0 Å². The average Bonchev–Trinajstić information content (AvgIpc) is 2.82. The number of carbonyl (C=O) groups is 1. The van der Waals surface area contributed by atoms with Crippen LogP contribution in [-0.4, -0.2) is 21.3 Å². The van der Waals surface area contributed by atoms with Gasteiger partial charge in [-0.3, -0.25) is 4.79 Å². The average molecular weight is 270 g/mol. The molecule has 1 aromatic heterocycles. The monoisotopic (exact) mass is 270 g/mol. The van der Waals surface area contributed by atoms with Gasteiger partial charge < -0.3 is 4.74 Å². The van der Waals surface area contributed by atoms with Gasteiger partial charge in [-0.15, -0.1) is 5.10 Å². The second kappa shape index (κ2) is 5.97. The first-order valence-electron chi connectivity index (χ1n) is 6.10. The molecule has 0 atom stereocenters. The lowest BCUT2D eigenvalue weighted by Gasteiger charge is -2.10. The van der Waals surface area contributed by atoms with Gasteiger partial charge in [0, 0.05) is 0 Å². The van der Waals surface area contributed by atoms with Gasteiger partial charge in [-0.2, -0.15) is 5.26 Å². The number of rotatable bonds is 5. The molecule has 0 unspecified atom stereocenters. The molecule has 1 aromatic carbocycles. The number of hydrogen-bond donors (Lipinski definition) is 0. The normalized spacial score (nSPS) is 10.1. The summed E-state index contributed by atoms with van der Waals surface area (Å²) < 4.78 is 7.09. The largest absolute Gasteiger partial charge is 0.487 e. The van der Waals surface area contributed by atoms with Crippen LogP contribution in [0.1, 0.15) is 27.3 Å². The fourth-order valence-corrected chi connectivity index (χ4v) is 1.79. The summed E-state index contributed by atoms with van der Waals surface area (Å²) in [5, 5.41) is 16.2. The standard InChI is InChI=1S/C14H14N4O2/c1-10-3-4-11(2)14(7-10)20-9-13-12(8-19)16-17-18(13)6-5-15/h3-4,7-8H,6,9H2,1-2H3. The van der Waals surface area contributed by atoms with Crippen LogP contribution < -0.4 is 4.74 Å². The van der Waals surface area contributed by atoms with Crippen LogP contribution in [-0.2, 0) is 13.2 Å². The smallest absolute Gasteiger partial charge is 0.172 e. The molecule has 1 heterocycles. The third-order valence-corrected chi connectivity index (χ3v) is 2.91. The molecule has 0 saturated heterocycles. The van der Waals surface area contributed by atoms with Gasteiger partial charge in [0.1, 0.15) is 24.6 Å². The van der Waals surface area contributed by atoms with Gasteiger partial charge in [0.25, 0.3) is 0 Å². The van der Waals surface area contributed by atoms with E-state index in [2.05, 4.69) is 10.3 Å². The van der Waals surface area contributed by atoms with Gasteiger partial charge in [0.2, 0.25) is 0 Å². The van der Waals surface area contributed by atoms with Crippen molar-refractivity contribution in [3.05, 3.63) is 40.7 Å². The highest BCUT2D eigenvalue weighted by Gasteiger charge is 2.13. The first kappa shape index (κ1) is 13.7. The summed E-state index contributed by atoms with van der Waals surface area (Å²) in [4.78, 5) is 10.9. The Balaban J connectivity index is 2.22. The van der Waals surface area contributed by atoms with Crippen LogP contribution in [0.15, 0.2) is 18.2 Å². The molecule has 0 fully saturated rings. The molecule has 0 bridgehead atoms. The van der Waals surface area contributed by atoms with Crippen LogP contribution in [0.25, 0.3) is 0 Å². The lowest BCUT2D eigenvalue weighted by molar-refractivity contribution is 0.111. The zero-order valence-corrected chi connectivity index (χ0v) is 11.3. The Labute approximate surface area is 116 Å². The summed E-state index contributed by atoms with van der Waals surface area (Å²) in [7, 11) is 0. The number of nitriles is 1. The molecule has 0 N–H and O–H groups in total. The van der Waals surface area contributed by atoms with E-state index in [1.54, 1.807) is 0 Å². The van der Waals surface area contributed by atoms with Crippen molar-refractivity contribution in [2.24, 2.45) is 0 Å². The van der Waals surface area contributed by atoms with Crippen LogP contribution in [0.3, 0.4) is 0 Å². The first-order chi connectivity index (χ1) is 9.65. The third kappa shape index (κ3) is 2.83. The number of nitrogens with zero attached hydrogens (tertiary/aromatic N) is 4. The summed E-state index contributed by atoms with van der Waals surface area (Å²) in [5.74, 6) is 0.742. The summed E-state index contributed by atoms with van der Waals surface area (Å²) in [6, 6.07) is 7.86. The molecule has 2 aromatic rings. The summed E-state index contributed by atoms with van der Waals surface area (Å²) in [6.07, 6.45) is 0.614. The second-order valence-corrected chi connectivity index (χ2v) is 4.41. The van der Waals surface area contributed by atoms with Crippen molar-refractivity contribution in [2.75, 3.05) is 0 Å². The van der Waals surface area contributed by atoms with Crippen molar-refractivity contribution in [1.82, 2.24) is 15.0 Å². The molecule has 6 heteroatoms. The van der Waals surface area contributed by atoms with E-state index in [0.29, 0.717) is 12.0 Å². The van der Waals surface area contributed by atoms with Crippen LogP contribution >= 0.6 is 0 Å². The predicted molar refractivity (Wildman–Crippen MR) is 71.3 cm³/mol. The van der Waals surface area contributed by atoms with Crippen LogP contribution in [0.2, 0.25) is 0 Å². The Morgan fingerprint density at radius 1 is 1.45 bits per heavy atom. The molecule has 0 saturated carbocycles. The number of aryl methyl sites for hydroxylation is 2. The minimum atomic E-state index is 0.0341. The van der Waals surface area contributed by atoms with Crippen molar-refractivity contribution in [3.63, 3.8) is 0 Å². The minimum absolute atomic E-state index is 0.0341. The third-order valence-electron chi connectivity index (χ3n) is 2.91. The molecule has 2 rings (SSSR count). The van der Waals surface area contributed by atoms with Gasteiger partial charge in [-0.25, -0.2) is 4.68 Å². The second-order valence-electron chi connectivity index (χ2n) is 4.41. The number of ether oxygens (including phenoxy) is 1. The molecule has 0 aliphatic heterocycles. The van der Waals surface area contributed by atoms with E-state index in [9.17, 15) is 4.79 Å². The number of aromatic nitrogens is 3. The first-order valence-corrected chi connectivity index (χ1v) is 6.10. The fourth-order valence-electron chi connectivity index (χ4n) is 1.79. The molecule has 0 radical (unpaired) electrons. The van der Waals surface area contributed by atoms with Crippen molar-refractivity contribution in [1.29, 1.82) is 5.26 Å². The highest BCUT2D eigenvalue weighted by Crippen LogP contribution is 2.20.